The summed E-state index contributed by atoms with van der Waals surface area (Å²) in [7, 11) is 4.60. The summed E-state index contributed by atoms with van der Waals surface area (Å²) >= 11 is 0. The molecule has 0 aliphatic heterocycles. The second kappa shape index (κ2) is 15.7. The molecule has 0 bridgehead atoms. The Hall–Kier alpha value is -0.720. The molecule has 228 valence electrons. The van der Waals surface area contributed by atoms with Crippen molar-refractivity contribution in [1.29, 1.82) is 0 Å². The van der Waals surface area contributed by atoms with E-state index in [1.165, 1.54) is 34.1 Å². The summed E-state index contributed by atoms with van der Waals surface area (Å²) in [6, 6.07) is 10.6. The molecule has 0 fully saturated rings. The first-order chi connectivity index (χ1) is 18.0. The SMILES string of the molecule is CCCNC(C)(C)C(SSSC(c1ccc(C(F)(F)F)cc1)C(C)(C)NCCC)c1ccc(C(F)(F)F)cc1.Cl. The average molecular weight is 649 g/mol. The van der Waals surface area contributed by atoms with Gasteiger partial charge in [-0.3, -0.25) is 0 Å². The lowest BCUT2D eigenvalue weighted by atomic mass is 9.93. The zero-order valence-corrected chi connectivity index (χ0v) is 26.8. The van der Waals surface area contributed by atoms with E-state index in [0.29, 0.717) is 0 Å². The number of hydrogen-bond donors (Lipinski definition) is 2. The molecule has 0 aliphatic rings. The van der Waals surface area contributed by atoms with Crippen LogP contribution in [0.15, 0.2) is 48.5 Å². The Kier molecular flexibility index (Phi) is 14.6. The van der Waals surface area contributed by atoms with Crippen LogP contribution in [0.1, 0.15) is 87.1 Å². The molecule has 0 amide bonds. The van der Waals surface area contributed by atoms with Crippen LogP contribution in [0.2, 0.25) is 0 Å². The highest BCUT2D eigenvalue weighted by Gasteiger charge is 2.37. The first kappa shape index (κ1) is 37.3. The molecule has 2 rings (SSSR count). The minimum atomic E-state index is -4.41. The van der Waals surface area contributed by atoms with Crippen molar-refractivity contribution in [2.24, 2.45) is 0 Å². The summed E-state index contributed by atoms with van der Waals surface area (Å²) < 4.78 is 79.0. The zero-order valence-electron chi connectivity index (χ0n) is 23.5. The van der Waals surface area contributed by atoms with Gasteiger partial charge in [-0.2, -0.15) is 26.3 Å². The number of rotatable bonds is 14. The fraction of sp³-hybridized carbons (Fsp3) is 0.571. The van der Waals surface area contributed by atoms with Gasteiger partial charge in [-0.1, -0.05) is 59.7 Å². The van der Waals surface area contributed by atoms with Gasteiger partial charge in [-0.15, -0.1) is 12.4 Å². The van der Waals surface area contributed by atoms with Crippen LogP contribution >= 0.6 is 43.8 Å². The largest absolute Gasteiger partial charge is 0.416 e. The van der Waals surface area contributed by atoms with Gasteiger partial charge >= 0.3 is 12.4 Å². The van der Waals surface area contributed by atoms with Gasteiger partial charge in [0.25, 0.3) is 0 Å². The quantitative estimate of drug-likeness (QED) is 0.157. The Balaban J connectivity index is 0.00000800. The van der Waals surface area contributed by atoms with Gasteiger partial charge < -0.3 is 10.6 Å². The van der Waals surface area contributed by atoms with Crippen LogP contribution in [0, 0.1) is 0 Å². The highest BCUT2D eigenvalue weighted by atomic mass is 35.5. The third kappa shape index (κ3) is 10.8. The smallest absolute Gasteiger partial charge is 0.310 e. The number of nitrogens with one attached hydrogen (secondary N) is 2. The van der Waals surface area contributed by atoms with E-state index in [1.807, 2.05) is 41.5 Å². The minimum Gasteiger partial charge on any atom is -0.310 e. The number of hydrogen-bond acceptors (Lipinski definition) is 5. The molecule has 0 radical (unpaired) electrons. The summed E-state index contributed by atoms with van der Waals surface area (Å²) in [5.74, 6) is 0. The van der Waals surface area contributed by atoms with Crippen molar-refractivity contribution in [2.45, 2.75) is 88.3 Å². The first-order valence-corrected chi connectivity index (χ1v) is 16.5. The molecule has 2 aromatic rings. The summed E-state index contributed by atoms with van der Waals surface area (Å²) in [4.78, 5) is 0. The molecule has 0 saturated heterocycles. The van der Waals surface area contributed by atoms with E-state index >= 15 is 0 Å². The molecule has 2 aromatic carbocycles. The molecule has 0 aromatic heterocycles. The highest BCUT2D eigenvalue weighted by molar-refractivity contribution is 9.09. The Morgan fingerprint density at radius 1 is 0.600 bits per heavy atom. The van der Waals surface area contributed by atoms with Crippen LogP contribution in [-0.4, -0.2) is 24.2 Å². The van der Waals surface area contributed by atoms with Crippen molar-refractivity contribution in [3.8, 4) is 0 Å². The van der Waals surface area contributed by atoms with Crippen molar-refractivity contribution in [1.82, 2.24) is 10.6 Å². The summed E-state index contributed by atoms with van der Waals surface area (Å²) in [6.07, 6.45) is -7.01. The Bertz CT molecular complexity index is 931. The fourth-order valence-corrected chi connectivity index (χ4v) is 9.99. The first-order valence-electron chi connectivity index (χ1n) is 12.9. The van der Waals surface area contributed by atoms with Gasteiger partial charge in [-0.25, -0.2) is 0 Å². The van der Waals surface area contributed by atoms with Crippen molar-refractivity contribution in [3.63, 3.8) is 0 Å². The lowest BCUT2D eigenvalue weighted by molar-refractivity contribution is -0.138. The van der Waals surface area contributed by atoms with Crippen molar-refractivity contribution >= 4 is 43.8 Å². The maximum Gasteiger partial charge on any atom is 0.416 e. The lowest BCUT2D eigenvalue weighted by Gasteiger charge is -2.37. The molecule has 2 atom stereocenters. The van der Waals surface area contributed by atoms with Gasteiger partial charge in [0.1, 0.15) is 0 Å². The van der Waals surface area contributed by atoms with Gasteiger partial charge in [0.15, 0.2) is 0 Å². The van der Waals surface area contributed by atoms with Crippen LogP contribution in [0.3, 0.4) is 0 Å². The molecule has 2 unspecified atom stereocenters. The normalized spacial score (nSPS) is 14.5. The molecule has 12 heteroatoms. The van der Waals surface area contributed by atoms with Crippen LogP contribution in [0.25, 0.3) is 0 Å². The van der Waals surface area contributed by atoms with Crippen LogP contribution in [0.4, 0.5) is 26.3 Å². The average Bonchev–Trinajstić information content (AvgIpc) is 2.85. The molecular weight excluding hydrogens is 610 g/mol. The predicted molar refractivity (Wildman–Crippen MR) is 163 cm³/mol. The molecular formula is C28H39ClF6N2S3. The molecule has 0 aliphatic carbocycles. The van der Waals surface area contributed by atoms with Gasteiger partial charge in [-0.05, 0) is 98.8 Å². The highest BCUT2D eigenvalue weighted by Crippen LogP contribution is 2.56. The van der Waals surface area contributed by atoms with E-state index in [0.717, 1.165) is 61.3 Å². The van der Waals surface area contributed by atoms with E-state index in [2.05, 4.69) is 10.6 Å². The molecule has 40 heavy (non-hydrogen) atoms. The third-order valence-electron chi connectivity index (χ3n) is 6.32. The Morgan fingerprint density at radius 3 is 1.15 bits per heavy atom. The maximum absolute atomic E-state index is 13.2. The number of benzene rings is 2. The zero-order chi connectivity index (χ0) is 29.5. The molecule has 0 heterocycles. The van der Waals surface area contributed by atoms with Gasteiger partial charge in [0.2, 0.25) is 0 Å². The number of alkyl halides is 6. The van der Waals surface area contributed by atoms with Crippen molar-refractivity contribution in [2.75, 3.05) is 13.1 Å². The fourth-order valence-electron chi connectivity index (χ4n) is 4.06. The third-order valence-corrected chi connectivity index (χ3v) is 11.6. The molecule has 2 nitrogen and oxygen atoms in total. The van der Waals surface area contributed by atoms with Gasteiger partial charge in [0.05, 0.1) is 21.6 Å². The van der Waals surface area contributed by atoms with Gasteiger partial charge in [0, 0.05) is 11.1 Å². The van der Waals surface area contributed by atoms with Crippen LogP contribution in [-0.2, 0) is 12.4 Å². The number of halogens is 7. The van der Waals surface area contributed by atoms with Crippen LogP contribution in [0.5, 0.6) is 0 Å². The van der Waals surface area contributed by atoms with E-state index in [9.17, 15) is 26.3 Å². The minimum absolute atomic E-state index is 0. The summed E-state index contributed by atoms with van der Waals surface area (Å²) in [5, 5.41) is 6.65. The second-order valence-corrected chi connectivity index (χ2v) is 14.8. The molecule has 0 spiro atoms. The van der Waals surface area contributed by atoms with Crippen molar-refractivity contribution in [3.05, 3.63) is 70.8 Å². The van der Waals surface area contributed by atoms with Crippen molar-refractivity contribution < 1.29 is 26.3 Å². The predicted octanol–water partition coefficient (Wildman–Crippen LogP) is 10.5. The van der Waals surface area contributed by atoms with E-state index < -0.39 is 34.6 Å². The summed E-state index contributed by atoms with van der Waals surface area (Å²) in [5.41, 5.74) is -0.722. The topological polar surface area (TPSA) is 24.1 Å². The monoisotopic (exact) mass is 648 g/mol. The van der Waals surface area contributed by atoms with Crippen LogP contribution < -0.4 is 10.6 Å². The lowest BCUT2D eigenvalue weighted by Crippen LogP contribution is -2.44. The summed E-state index contributed by atoms with van der Waals surface area (Å²) in [6.45, 7) is 13.7. The standard InChI is InChI=1S/C28H38F6N2S3.ClH/c1-7-17-35-25(3,4)23(19-9-13-21(14-10-19)27(29,30)31)37-39-38-24(26(5,6)36-18-8-2)20-11-15-22(16-12-20)28(32,33)34;/h9-16,23-24,35-36H,7-8,17-18H2,1-6H3;1H. The molecule has 2 N–H and O–H groups in total. The van der Waals surface area contributed by atoms with E-state index in [-0.39, 0.29) is 22.9 Å². The van der Waals surface area contributed by atoms with E-state index in [4.69, 9.17) is 0 Å². The second-order valence-electron chi connectivity index (χ2n) is 10.6. The molecule has 0 saturated carbocycles. The Labute approximate surface area is 252 Å². The maximum atomic E-state index is 13.2. The Morgan fingerprint density at radius 2 is 0.900 bits per heavy atom. The van der Waals surface area contributed by atoms with E-state index in [1.54, 1.807) is 21.6 Å².